The molecule has 18 heavy (non-hydrogen) atoms. The summed E-state index contributed by atoms with van der Waals surface area (Å²) in [5, 5.41) is 19.3. The van der Waals surface area contributed by atoms with Crippen LogP contribution in [0.2, 0.25) is 0 Å². The second-order valence-electron chi connectivity index (χ2n) is 4.92. The molecule has 4 nitrogen and oxygen atoms in total. The summed E-state index contributed by atoms with van der Waals surface area (Å²) in [4.78, 5) is 11.3. The van der Waals surface area contributed by atoms with Crippen LogP contribution in [0.25, 0.3) is 0 Å². The number of nitrogens with two attached hydrogens (primary N) is 1. The van der Waals surface area contributed by atoms with Crippen LogP contribution in [0.4, 0.5) is 0 Å². The number of rotatable bonds is 3. The van der Waals surface area contributed by atoms with E-state index in [4.69, 9.17) is 5.73 Å². The minimum absolute atomic E-state index is 0.0123. The van der Waals surface area contributed by atoms with E-state index in [9.17, 15) is 15.0 Å². The predicted molar refractivity (Wildman–Crippen MR) is 68.9 cm³/mol. The Labute approximate surface area is 106 Å². The zero-order chi connectivity index (χ0) is 13.3. The topological polar surface area (TPSA) is 83.5 Å². The van der Waals surface area contributed by atoms with Crippen LogP contribution in [0.5, 0.6) is 5.75 Å². The first-order chi connectivity index (χ1) is 8.56. The summed E-state index contributed by atoms with van der Waals surface area (Å²) in [6.07, 6.45) is 3.97. The Kier molecular flexibility index (Phi) is 3.57. The van der Waals surface area contributed by atoms with Gasteiger partial charge in [-0.2, -0.15) is 0 Å². The number of benzene rings is 1. The van der Waals surface area contributed by atoms with Crippen molar-refractivity contribution in [2.45, 2.75) is 38.5 Å². The van der Waals surface area contributed by atoms with Gasteiger partial charge in [0.2, 0.25) is 0 Å². The number of phenols is 1. The zero-order valence-electron chi connectivity index (χ0n) is 10.6. The van der Waals surface area contributed by atoms with E-state index >= 15 is 0 Å². The molecule has 0 saturated heterocycles. The molecule has 0 saturated carbocycles. The van der Waals surface area contributed by atoms with Crippen LogP contribution < -0.4 is 5.73 Å². The lowest BCUT2D eigenvalue weighted by molar-refractivity contribution is -0.138. The maximum Gasteiger partial charge on any atom is 0.312 e. The first kappa shape index (κ1) is 12.9. The minimum atomic E-state index is -0.968. The Morgan fingerprint density at radius 1 is 1.39 bits per heavy atom. The van der Waals surface area contributed by atoms with E-state index in [2.05, 4.69) is 0 Å². The van der Waals surface area contributed by atoms with Gasteiger partial charge in [-0.05, 0) is 55.4 Å². The Balaban J connectivity index is 2.62. The molecule has 0 radical (unpaired) electrons. The van der Waals surface area contributed by atoms with E-state index in [1.54, 1.807) is 6.07 Å². The molecule has 2 rings (SSSR count). The van der Waals surface area contributed by atoms with Crippen LogP contribution in [0.3, 0.4) is 0 Å². The maximum absolute atomic E-state index is 11.3. The first-order valence-corrected chi connectivity index (χ1v) is 6.33. The molecule has 0 amide bonds. The molecule has 1 unspecified atom stereocenters. The van der Waals surface area contributed by atoms with E-state index in [0.717, 1.165) is 36.8 Å². The first-order valence-electron chi connectivity index (χ1n) is 6.33. The van der Waals surface area contributed by atoms with Crippen molar-refractivity contribution in [1.82, 2.24) is 0 Å². The molecule has 0 aromatic heterocycles. The molecule has 1 aliphatic carbocycles. The van der Waals surface area contributed by atoms with Crippen LogP contribution in [0.15, 0.2) is 6.07 Å². The van der Waals surface area contributed by atoms with E-state index in [-0.39, 0.29) is 12.3 Å². The third kappa shape index (κ3) is 2.08. The number of carboxylic acid groups (broad SMARTS) is 1. The fraction of sp³-hybridized carbons (Fsp3) is 0.500. The number of aryl methyl sites for hydroxylation is 1. The lowest BCUT2D eigenvalue weighted by Crippen LogP contribution is -2.24. The van der Waals surface area contributed by atoms with Gasteiger partial charge in [0.1, 0.15) is 5.75 Å². The Morgan fingerprint density at radius 2 is 2.00 bits per heavy atom. The molecule has 4 heteroatoms. The van der Waals surface area contributed by atoms with Crippen molar-refractivity contribution < 1.29 is 15.0 Å². The number of phenolic OH excluding ortho intramolecular Hbond substituents is 1. The van der Waals surface area contributed by atoms with Gasteiger partial charge in [0.25, 0.3) is 0 Å². The standard InChI is InChI=1S/C14H19NO3/c1-8-6-12(16)13(11(7-15)14(17)18)10-5-3-2-4-9(8)10/h6,11,16H,2-5,7,15H2,1H3,(H,17,18). The van der Waals surface area contributed by atoms with Crippen molar-refractivity contribution in [3.05, 3.63) is 28.3 Å². The maximum atomic E-state index is 11.3. The quantitative estimate of drug-likeness (QED) is 0.761. The fourth-order valence-electron chi connectivity index (χ4n) is 2.89. The SMILES string of the molecule is Cc1cc(O)c(C(CN)C(=O)O)c2c1CCCC2. The van der Waals surface area contributed by atoms with Gasteiger partial charge in [-0.3, -0.25) is 4.79 Å². The molecule has 98 valence electrons. The number of carboxylic acids is 1. The van der Waals surface area contributed by atoms with Crippen molar-refractivity contribution in [1.29, 1.82) is 0 Å². The highest BCUT2D eigenvalue weighted by Gasteiger charge is 2.28. The lowest BCUT2D eigenvalue weighted by Gasteiger charge is -2.25. The summed E-state index contributed by atoms with van der Waals surface area (Å²) in [7, 11) is 0. The number of aromatic hydroxyl groups is 1. The van der Waals surface area contributed by atoms with Crippen LogP contribution in [0.1, 0.15) is 41.0 Å². The molecule has 0 heterocycles. The number of fused-ring (bicyclic) bond motifs is 1. The summed E-state index contributed by atoms with van der Waals surface area (Å²) in [5.41, 5.74) is 9.35. The third-order valence-corrected chi connectivity index (χ3v) is 3.78. The van der Waals surface area contributed by atoms with Crippen LogP contribution in [-0.2, 0) is 17.6 Å². The van der Waals surface area contributed by atoms with Gasteiger partial charge >= 0.3 is 5.97 Å². The van der Waals surface area contributed by atoms with E-state index in [1.165, 1.54) is 5.56 Å². The molecular weight excluding hydrogens is 230 g/mol. The second kappa shape index (κ2) is 4.98. The van der Waals surface area contributed by atoms with Crippen molar-refractivity contribution in [3.63, 3.8) is 0 Å². The number of hydrogen-bond donors (Lipinski definition) is 3. The molecule has 1 aromatic rings. The Bertz CT molecular complexity index is 482. The molecule has 0 aliphatic heterocycles. The van der Waals surface area contributed by atoms with Gasteiger partial charge in [0.15, 0.2) is 0 Å². The average Bonchev–Trinajstić information content (AvgIpc) is 2.34. The Hall–Kier alpha value is -1.55. The highest BCUT2D eigenvalue weighted by atomic mass is 16.4. The lowest BCUT2D eigenvalue weighted by atomic mass is 9.81. The van der Waals surface area contributed by atoms with Gasteiger partial charge in [0.05, 0.1) is 5.92 Å². The van der Waals surface area contributed by atoms with Gasteiger partial charge in [-0.1, -0.05) is 0 Å². The van der Waals surface area contributed by atoms with Crippen LogP contribution in [-0.4, -0.2) is 22.7 Å². The molecule has 0 spiro atoms. The van der Waals surface area contributed by atoms with Gasteiger partial charge in [-0.15, -0.1) is 0 Å². The van der Waals surface area contributed by atoms with Crippen molar-refractivity contribution in [2.75, 3.05) is 6.54 Å². The van der Waals surface area contributed by atoms with Crippen molar-refractivity contribution in [3.8, 4) is 5.75 Å². The second-order valence-corrected chi connectivity index (χ2v) is 4.92. The van der Waals surface area contributed by atoms with Gasteiger partial charge in [0, 0.05) is 12.1 Å². The number of aliphatic carboxylic acids is 1. The molecule has 1 aliphatic rings. The summed E-state index contributed by atoms with van der Waals surface area (Å²) in [5.74, 6) is -1.70. The molecule has 1 aromatic carbocycles. The average molecular weight is 249 g/mol. The van der Waals surface area contributed by atoms with Gasteiger partial charge < -0.3 is 15.9 Å². The van der Waals surface area contributed by atoms with Crippen LogP contribution in [0, 0.1) is 6.92 Å². The fourth-order valence-corrected chi connectivity index (χ4v) is 2.89. The van der Waals surface area contributed by atoms with Crippen LogP contribution >= 0.6 is 0 Å². The molecule has 0 bridgehead atoms. The largest absolute Gasteiger partial charge is 0.508 e. The molecule has 1 atom stereocenters. The van der Waals surface area contributed by atoms with E-state index in [1.807, 2.05) is 6.92 Å². The third-order valence-electron chi connectivity index (χ3n) is 3.78. The molecule has 4 N–H and O–H groups in total. The van der Waals surface area contributed by atoms with E-state index < -0.39 is 11.9 Å². The van der Waals surface area contributed by atoms with Crippen molar-refractivity contribution >= 4 is 5.97 Å². The molecular formula is C14H19NO3. The highest BCUT2D eigenvalue weighted by molar-refractivity contribution is 5.78. The number of hydrogen-bond acceptors (Lipinski definition) is 3. The monoisotopic (exact) mass is 249 g/mol. The predicted octanol–water partition coefficient (Wildman–Crippen LogP) is 1.71. The van der Waals surface area contributed by atoms with E-state index in [0.29, 0.717) is 5.56 Å². The zero-order valence-corrected chi connectivity index (χ0v) is 10.6. The highest BCUT2D eigenvalue weighted by Crippen LogP contribution is 2.37. The summed E-state index contributed by atoms with van der Waals surface area (Å²) < 4.78 is 0. The summed E-state index contributed by atoms with van der Waals surface area (Å²) in [6, 6.07) is 1.67. The Morgan fingerprint density at radius 3 is 2.56 bits per heavy atom. The minimum Gasteiger partial charge on any atom is -0.508 e. The van der Waals surface area contributed by atoms with Crippen molar-refractivity contribution in [2.24, 2.45) is 5.73 Å². The smallest absolute Gasteiger partial charge is 0.312 e. The molecule has 0 fully saturated rings. The summed E-state index contributed by atoms with van der Waals surface area (Å²) in [6.45, 7) is 1.98. The normalized spacial score (nSPS) is 16.1. The summed E-state index contributed by atoms with van der Waals surface area (Å²) >= 11 is 0. The number of carbonyl (C=O) groups is 1. The van der Waals surface area contributed by atoms with Gasteiger partial charge in [-0.25, -0.2) is 0 Å².